The lowest BCUT2D eigenvalue weighted by atomic mass is 10.1. The van der Waals surface area contributed by atoms with Gasteiger partial charge in [-0.1, -0.05) is 185 Å². The van der Waals surface area contributed by atoms with Crippen LogP contribution in [-0.2, 0) is 14.3 Å². The Bertz CT molecular complexity index is 742. The number of aliphatic hydroxyl groups excluding tert-OH is 1. The Balaban J connectivity index is 3.42. The highest BCUT2D eigenvalue weighted by Gasteiger charge is 2.13. The van der Waals surface area contributed by atoms with Gasteiger partial charge in [0.15, 0.2) is 0 Å². The number of carbonyl (C=O) groups is 1. The van der Waals surface area contributed by atoms with Crippen molar-refractivity contribution in [3.63, 3.8) is 0 Å². The third kappa shape index (κ3) is 41.0. The number of rotatable bonds is 41. The highest BCUT2D eigenvalue weighted by molar-refractivity contribution is 5.69. The van der Waals surface area contributed by atoms with Crippen molar-refractivity contribution in [3.8, 4) is 0 Å². The predicted molar refractivity (Wildman–Crippen MR) is 219 cm³/mol. The quantitative estimate of drug-likeness (QED) is 0.0391. The Morgan fingerprint density at radius 2 is 0.840 bits per heavy atom. The molecule has 0 saturated carbocycles. The third-order valence-electron chi connectivity index (χ3n) is 9.69. The Morgan fingerprint density at radius 1 is 0.480 bits per heavy atom. The summed E-state index contributed by atoms with van der Waals surface area (Å²) in [6.07, 6.45) is 54.9. The zero-order chi connectivity index (χ0) is 36.3. The second kappa shape index (κ2) is 43.8. The minimum atomic E-state index is -0.537. The van der Waals surface area contributed by atoms with Crippen molar-refractivity contribution >= 4 is 5.97 Å². The lowest BCUT2D eigenvalue weighted by Crippen LogP contribution is -2.27. The van der Waals surface area contributed by atoms with Gasteiger partial charge in [-0.25, -0.2) is 0 Å². The van der Waals surface area contributed by atoms with E-state index in [1.807, 2.05) is 0 Å². The Hall–Kier alpha value is -1.39. The third-order valence-corrected chi connectivity index (χ3v) is 9.69. The maximum Gasteiger partial charge on any atom is 0.306 e. The molecule has 4 heteroatoms. The summed E-state index contributed by atoms with van der Waals surface area (Å²) in [6.45, 7) is 5.33. The largest absolute Gasteiger partial charge is 0.457 e. The SMILES string of the molecule is CCCCC/C=C\C/C=C\CCCCCCCCCCCCOCC(CO)OC(=O)CCCCCCCCC/C=C\CCCCCCCCC. The van der Waals surface area contributed by atoms with Crippen LogP contribution in [0, 0.1) is 0 Å². The van der Waals surface area contributed by atoms with Crippen LogP contribution in [0.3, 0.4) is 0 Å². The fraction of sp³-hybridized carbons (Fsp3) is 0.848. The molecule has 0 aromatic carbocycles. The maximum absolute atomic E-state index is 12.2. The molecule has 0 saturated heterocycles. The monoisotopic (exact) mass is 703 g/mol. The predicted octanol–water partition coefficient (Wildman–Crippen LogP) is 14.5. The van der Waals surface area contributed by atoms with E-state index < -0.39 is 6.10 Å². The molecule has 0 heterocycles. The standard InChI is InChI=1S/C46H86O4/c1-3-5-7-9-11-13-15-17-19-21-23-24-26-28-30-32-34-36-38-40-42-49-44-45(43-47)50-46(48)41-39-37-35-33-31-29-27-25-22-20-18-16-14-12-10-8-6-4-2/h11,13,17,19-20,22,45,47H,3-10,12,14-16,18,21,23-44H2,1-2H3/b13-11-,19-17-,22-20-. The number of aliphatic hydroxyl groups is 1. The van der Waals surface area contributed by atoms with Crippen LogP contribution in [0.25, 0.3) is 0 Å². The molecule has 1 unspecified atom stereocenters. The molecule has 0 spiro atoms. The summed E-state index contributed by atoms with van der Waals surface area (Å²) in [6, 6.07) is 0. The van der Waals surface area contributed by atoms with Gasteiger partial charge in [0.05, 0.1) is 13.2 Å². The first-order valence-electron chi connectivity index (χ1n) is 22.1. The van der Waals surface area contributed by atoms with Crippen LogP contribution < -0.4 is 0 Å². The fourth-order valence-electron chi connectivity index (χ4n) is 6.35. The first-order chi connectivity index (χ1) is 24.7. The maximum atomic E-state index is 12.2. The van der Waals surface area contributed by atoms with Gasteiger partial charge in [-0.05, 0) is 70.6 Å². The molecule has 0 bridgehead atoms. The van der Waals surface area contributed by atoms with E-state index in [9.17, 15) is 9.90 Å². The normalized spacial score (nSPS) is 12.6. The van der Waals surface area contributed by atoms with Crippen LogP contribution in [0.2, 0.25) is 0 Å². The summed E-state index contributed by atoms with van der Waals surface area (Å²) in [5, 5.41) is 9.61. The Kier molecular flexibility index (Phi) is 42.6. The fourth-order valence-corrected chi connectivity index (χ4v) is 6.35. The molecule has 1 N–H and O–H groups in total. The molecule has 294 valence electrons. The van der Waals surface area contributed by atoms with Crippen LogP contribution in [0.4, 0.5) is 0 Å². The second-order valence-corrected chi connectivity index (χ2v) is 14.8. The van der Waals surface area contributed by atoms with Crippen LogP contribution in [0.1, 0.15) is 226 Å². The number of hydrogen-bond donors (Lipinski definition) is 1. The number of ether oxygens (including phenoxy) is 2. The highest BCUT2D eigenvalue weighted by Crippen LogP contribution is 2.14. The van der Waals surface area contributed by atoms with Crippen molar-refractivity contribution in [3.05, 3.63) is 36.5 Å². The summed E-state index contributed by atoms with van der Waals surface area (Å²) < 4.78 is 11.2. The van der Waals surface area contributed by atoms with Crippen molar-refractivity contribution in [1.29, 1.82) is 0 Å². The van der Waals surface area contributed by atoms with Crippen LogP contribution in [0.15, 0.2) is 36.5 Å². The topological polar surface area (TPSA) is 55.8 Å². The van der Waals surface area contributed by atoms with Crippen LogP contribution >= 0.6 is 0 Å². The lowest BCUT2D eigenvalue weighted by Gasteiger charge is -2.16. The molecule has 0 aliphatic carbocycles. The molecule has 1 atom stereocenters. The van der Waals surface area contributed by atoms with Crippen LogP contribution in [0.5, 0.6) is 0 Å². The number of hydrogen-bond acceptors (Lipinski definition) is 4. The molecule has 0 aliphatic heterocycles. The first-order valence-corrected chi connectivity index (χ1v) is 22.1. The molecular formula is C46H86O4. The molecule has 0 fully saturated rings. The zero-order valence-corrected chi connectivity index (χ0v) is 33.7. The lowest BCUT2D eigenvalue weighted by molar-refractivity contribution is -0.154. The molecule has 50 heavy (non-hydrogen) atoms. The molecule has 0 radical (unpaired) electrons. The van der Waals surface area contributed by atoms with Gasteiger partial charge in [0.2, 0.25) is 0 Å². The van der Waals surface area contributed by atoms with E-state index in [0.29, 0.717) is 19.6 Å². The number of allylic oxidation sites excluding steroid dienone is 6. The van der Waals surface area contributed by atoms with Gasteiger partial charge in [0.25, 0.3) is 0 Å². The van der Waals surface area contributed by atoms with E-state index >= 15 is 0 Å². The van der Waals surface area contributed by atoms with E-state index in [2.05, 4.69) is 50.3 Å². The van der Waals surface area contributed by atoms with Gasteiger partial charge >= 0.3 is 5.97 Å². The molecule has 0 aliphatic rings. The smallest absolute Gasteiger partial charge is 0.306 e. The minimum Gasteiger partial charge on any atom is -0.457 e. The first kappa shape index (κ1) is 48.6. The minimum absolute atomic E-state index is 0.173. The molecule has 4 nitrogen and oxygen atoms in total. The van der Waals surface area contributed by atoms with Gasteiger partial charge in [-0.15, -0.1) is 0 Å². The van der Waals surface area contributed by atoms with E-state index in [1.54, 1.807) is 0 Å². The van der Waals surface area contributed by atoms with Gasteiger partial charge in [0.1, 0.15) is 6.10 Å². The summed E-state index contributed by atoms with van der Waals surface area (Å²) in [5.41, 5.74) is 0. The van der Waals surface area contributed by atoms with Crippen molar-refractivity contribution in [2.75, 3.05) is 19.8 Å². The Labute approximate surface area is 312 Å². The molecule has 0 rings (SSSR count). The van der Waals surface area contributed by atoms with E-state index in [-0.39, 0.29) is 12.6 Å². The highest BCUT2D eigenvalue weighted by atomic mass is 16.6. The second-order valence-electron chi connectivity index (χ2n) is 14.8. The van der Waals surface area contributed by atoms with Gasteiger partial charge in [0, 0.05) is 13.0 Å². The number of esters is 1. The van der Waals surface area contributed by atoms with Gasteiger partial charge < -0.3 is 14.6 Å². The van der Waals surface area contributed by atoms with E-state index in [1.165, 1.54) is 180 Å². The summed E-state index contributed by atoms with van der Waals surface area (Å²) >= 11 is 0. The van der Waals surface area contributed by atoms with Crippen molar-refractivity contribution in [2.24, 2.45) is 0 Å². The van der Waals surface area contributed by atoms with Crippen molar-refractivity contribution in [2.45, 2.75) is 232 Å². The molecule has 0 aromatic heterocycles. The van der Waals surface area contributed by atoms with E-state index in [0.717, 1.165) is 25.7 Å². The van der Waals surface area contributed by atoms with Gasteiger partial charge in [-0.3, -0.25) is 4.79 Å². The average molecular weight is 703 g/mol. The number of carbonyl (C=O) groups excluding carboxylic acids is 1. The van der Waals surface area contributed by atoms with E-state index in [4.69, 9.17) is 9.47 Å². The summed E-state index contributed by atoms with van der Waals surface area (Å²) in [5.74, 6) is -0.204. The molecule has 0 amide bonds. The number of unbranched alkanes of at least 4 members (excludes halogenated alkanes) is 27. The Morgan fingerprint density at radius 3 is 1.30 bits per heavy atom. The van der Waals surface area contributed by atoms with Crippen LogP contribution in [-0.4, -0.2) is 37.0 Å². The van der Waals surface area contributed by atoms with Crippen molar-refractivity contribution < 1.29 is 19.4 Å². The van der Waals surface area contributed by atoms with Crippen molar-refractivity contribution in [1.82, 2.24) is 0 Å². The summed E-state index contributed by atoms with van der Waals surface area (Å²) in [7, 11) is 0. The summed E-state index contributed by atoms with van der Waals surface area (Å²) in [4.78, 5) is 12.2. The average Bonchev–Trinajstić information content (AvgIpc) is 3.12. The van der Waals surface area contributed by atoms with Gasteiger partial charge in [-0.2, -0.15) is 0 Å². The molecular weight excluding hydrogens is 617 g/mol. The zero-order valence-electron chi connectivity index (χ0n) is 33.7. The molecule has 0 aromatic rings.